The molecule has 2 rings (SSSR count). The summed E-state index contributed by atoms with van der Waals surface area (Å²) < 4.78 is 33.8. The fourth-order valence-corrected chi connectivity index (χ4v) is 4.15. The van der Waals surface area contributed by atoms with Gasteiger partial charge in [0.1, 0.15) is 5.75 Å². The van der Waals surface area contributed by atoms with E-state index in [4.69, 9.17) is 4.74 Å². The minimum absolute atomic E-state index is 0.208. The molecule has 1 aromatic carbocycles. The van der Waals surface area contributed by atoms with E-state index in [1.54, 1.807) is 18.2 Å². The molecule has 0 bridgehead atoms. The van der Waals surface area contributed by atoms with Crippen molar-refractivity contribution in [1.29, 1.82) is 0 Å². The molecule has 0 aliphatic carbocycles. The molecule has 1 heterocycles. The predicted octanol–water partition coefficient (Wildman–Crippen LogP) is 4.70. The molecule has 138 valence electrons. The maximum absolute atomic E-state index is 12.6. The molecule has 2 aromatic rings. The number of sulfonamides is 1. The van der Waals surface area contributed by atoms with E-state index in [1.807, 2.05) is 17.5 Å². The Morgan fingerprint density at radius 2 is 1.96 bits per heavy atom. The molecular weight excluding hydrogens is 354 g/mol. The van der Waals surface area contributed by atoms with Crippen LogP contribution in [0.4, 0.5) is 0 Å². The highest BCUT2D eigenvalue weighted by Gasteiger charge is 2.23. The molecule has 0 atom stereocenters. The number of rotatable bonds is 8. The van der Waals surface area contributed by atoms with Gasteiger partial charge >= 0.3 is 0 Å². The topological polar surface area (TPSA) is 55.4 Å². The van der Waals surface area contributed by atoms with Gasteiger partial charge in [-0.1, -0.05) is 40.2 Å². The molecule has 1 aromatic heterocycles. The lowest BCUT2D eigenvalue weighted by atomic mass is 9.86. The number of nitrogens with one attached hydrogen (secondary N) is 1. The first kappa shape index (κ1) is 19.9. The molecule has 0 saturated heterocycles. The second-order valence-corrected chi connectivity index (χ2v) is 9.81. The van der Waals surface area contributed by atoms with Gasteiger partial charge in [-0.25, -0.2) is 13.1 Å². The fourth-order valence-electron chi connectivity index (χ4n) is 2.38. The van der Waals surface area contributed by atoms with Gasteiger partial charge in [-0.3, -0.25) is 0 Å². The van der Waals surface area contributed by atoms with E-state index < -0.39 is 10.0 Å². The van der Waals surface area contributed by atoms with Crippen LogP contribution < -0.4 is 9.46 Å². The van der Waals surface area contributed by atoms with Crippen LogP contribution in [0.3, 0.4) is 0 Å². The summed E-state index contributed by atoms with van der Waals surface area (Å²) >= 11 is 1.53. The number of unbranched alkanes of at least 4 members (excludes halogenated alkanes) is 1. The fraction of sp³-hybridized carbons (Fsp3) is 0.474. The number of hydrogen-bond donors (Lipinski definition) is 1. The minimum atomic E-state index is -3.56. The zero-order valence-corrected chi connectivity index (χ0v) is 17.0. The first-order chi connectivity index (χ1) is 11.7. The Labute approximate surface area is 155 Å². The molecule has 0 saturated carbocycles. The maximum Gasteiger partial charge on any atom is 0.240 e. The molecule has 25 heavy (non-hydrogen) atoms. The van der Waals surface area contributed by atoms with Crippen molar-refractivity contribution >= 4 is 21.4 Å². The molecule has 0 spiro atoms. The lowest BCUT2D eigenvalue weighted by Crippen LogP contribution is -2.24. The number of hydrogen-bond acceptors (Lipinski definition) is 4. The van der Waals surface area contributed by atoms with Gasteiger partial charge in [0.05, 0.1) is 11.5 Å². The lowest BCUT2D eigenvalue weighted by molar-refractivity contribution is 0.301. The zero-order valence-electron chi connectivity index (χ0n) is 15.3. The van der Waals surface area contributed by atoms with Gasteiger partial charge in [-0.15, -0.1) is 11.3 Å². The first-order valence-electron chi connectivity index (χ1n) is 8.53. The molecule has 0 radical (unpaired) electrons. The van der Waals surface area contributed by atoms with Crippen LogP contribution in [-0.4, -0.2) is 15.0 Å². The van der Waals surface area contributed by atoms with Gasteiger partial charge in [-0.05, 0) is 41.5 Å². The number of ether oxygens (including phenoxy) is 1. The van der Waals surface area contributed by atoms with Crippen molar-refractivity contribution in [3.8, 4) is 5.75 Å². The standard InChI is InChI=1S/C19H27NO3S2/c1-5-6-11-23-18-10-9-16(13-17(18)19(2,3)4)25(21,22)20-14-15-8-7-12-24-15/h7-10,12-13,20H,5-6,11,14H2,1-4H3. The Balaban J connectivity index is 2.25. The molecular formula is C19H27NO3S2. The summed E-state index contributed by atoms with van der Waals surface area (Å²) in [5.41, 5.74) is 0.698. The molecule has 1 N–H and O–H groups in total. The second kappa shape index (κ2) is 8.34. The molecule has 0 fully saturated rings. The molecule has 0 unspecified atom stereocenters. The summed E-state index contributed by atoms with van der Waals surface area (Å²) in [5.74, 6) is 0.762. The van der Waals surface area contributed by atoms with Crippen LogP contribution >= 0.6 is 11.3 Å². The Bertz CT molecular complexity index is 775. The van der Waals surface area contributed by atoms with Crippen molar-refractivity contribution in [3.63, 3.8) is 0 Å². The van der Waals surface area contributed by atoms with Gasteiger partial charge in [0, 0.05) is 17.0 Å². The third kappa shape index (κ3) is 5.56. The maximum atomic E-state index is 12.6. The summed E-state index contributed by atoms with van der Waals surface area (Å²) in [4.78, 5) is 1.26. The average Bonchev–Trinajstić information content (AvgIpc) is 3.06. The summed E-state index contributed by atoms with van der Waals surface area (Å²) in [6.45, 7) is 9.24. The van der Waals surface area contributed by atoms with Crippen LogP contribution in [0.5, 0.6) is 5.75 Å². The first-order valence-corrected chi connectivity index (χ1v) is 10.9. The van der Waals surface area contributed by atoms with Crippen molar-refractivity contribution < 1.29 is 13.2 Å². The molecule has 0 aliphatic rings. The second-order valence-electron chi connectivity index (χ2n) is 7.01. The largest absolute Gasteiger partial charge is 0.493 e. The van der Waals surface area contributed by atoms with Crippen molar-refractivity contribution in [1.82, 2.24) is 4.72 Å². The normalized spacial score (nSPS) is 12.3. The highest BCUT2D eigenvalue weighted by Crippen LogP contribution is 2.33. The van der Waals surface area contributed by atoms with Crippen molar-refractivity contribution in [2.24, 2.45) is 0 Å². The van der Waals surface area contributed by atoms with E-state index in [2.05, 4.69) is 32.4 Å². The van der Waals surface area contributed by atoms with E-state index in [9.17, 15) is 8.42 Å². The van der Waals surface area contributed by atoms with Crippen molar-refractivity contribution in [3.05, 3.63) is 46.2 Å². The minimum Gasteiger partial charge on any atom is -0.493 e. The van der Waals surface area contributed by atoms with Gasteiger partial charge in [0.2, 0.25) is 10.0 Å². The Morgan fingerprint density at radius 1 is 1.20 bits per heavy atom. The highest BCUT2D eigenvalue weighted by molar-refractivity contribution is 7.89. The Morgan fingerprint density at radius 3 is 2.56 bits per heavy atom. The van der Waals surface area contributed by atoms with Crippen molar-refractivity contribution in [2.45, 2.75) is 57.4 Å². The summed E-state index contributed by atoms with van der Waals surface area (Å²) in [6.07, 6.45) is 2.04. The van der Waals surface area contributed by atoms with Gasteiger partial charge in [0.25, 0.3) is 0 Å². The van der Waals surface area contributed by atoms with E-state index in [1.165, 1.54) is 11.3 Å². The summed E-state index contributed by atoms with van der Waals surface area (Å²) in [6, 6.07) is 8.95. The van der Waals surface area contributed by atoms with Crippen molar-refractivity contribution in [2.75, 3.05) is 6.61 Å². The number of benzene rings is 1. The SMILES string of the molecule is CCCCOc1ccc(S(=O)(=O)NCc2cccs2)cc1C(C)(C)C. The van der Waals surface area contributed by atoms with E-state index >= 15 is 0 Å². The summed E-state index contributed by atoms with van der Waals surface area (Å²) in [5, 5.41) is 1.93. The number of thiophene rings is 1. The predicted molar refractivity (Wildman–Crippen MR) is 104 cm³/mol. The third-order valence-electron chi connectivity index (χ3n) is 3.84. The van der Waals surface area contributed by atoms with Gasteiger partial charge in [-0.2, -0.15) is 0 Å². The van der Waals surface area contributed by atoms with Gasteiger partial charge in [0.15, 0.2) is 0 Å². The van der Waals surface area contributed by atoms with Crippen LogP contribution in [0, 0.1) is 0 Å². The third-order valence-corrected chi connectivity index (χ3v) is 6.12. The lowest BCUT2D eigenvalue weighted by Gasteiger charge is -2.23. The highest BCUT2D eigenvalue weighted by atomic mass is 32.2. The van der Waals surface area contributed by atoms with Gasteiger partial charge < -0.3 is 4.74 Å². The van der Waals surface area contributed by atoms with E-state index in [-0.39, 0.29) is 10.3 Å². The Kier molecular flexibility index (Phi) is 6.65. The molecule has 4 nitrogen and oxygen atoms in total. The zero-order chi connectivity index (χ0) is 18.5. The smallest absolute Gasteiger partial charge is 0.240 e. The van der Waals surface area contributed by atoms with Crippen LogP contribution in [-0.2, 0) is 22.0 Å². The molecule has 0 aliphatic heterocycles. The van der Waals surface area contributed by atoms with E-state index in [0.29, 0.717) is 13.2 Å². The van der Waals surface area contributed by atoms with E-state index in [0.717, 1.165) is 29.0 Å². The monoisotopic (exact) mass is 381 g/mol. The van der Waals surface area contributed by atoms with Crippen LogP contribution in [0.2, 0.25) is 0 Å². The van der Waals surface area contributed by atoms with Crippen LogP contribution in [0.1, 0.15) is 51.0 Å². The average molecular weight is 382 g/mol. The Hall–Kier alpha value is -1.37. The van der Waals surface area contributed by atoms with Crippen LogP contribution in [0.25, 0.3) is 0 Å². The molecule has 0 amide bonds. The summed E-state index contributed by atoms with van der Waals surface area (Å²) in [7, 11) is -3.56. The quantitative estimate of drug-likeness (QED) is 0.674. The molecule has 6 heteroatoms. The van der Waals surface area contributed by atoms with Crippen LogP contribution in [0.15, 0.2) is 40.6 Å².